The van der Waals surface area contributed by atoms with Gasteiger partial charge in [0, 0.05) is 19.3 Å². The van der Waals surface area contributed by atoms with Gasteiger partial charge in [-0.05, 0) is 12.5 Å². The Morgan fingerprint density at radius 3 is 2.93 bits per heavy atom. The van der Waals surface area contributed by atoms with E-state index in [4.69, 9.17) is 21.8 Å². The Hall–Kier alpha value is -1.33. The van der Waals surface area contributed by atoms with Crippen LogP contribution in [0.3, 0.4) is 0 Å². The highest BCUT2D eigenvalue weighted by Crippen LogP contribution is 2.17. The SMILES string of the molecule is O=C(O)c1cc(NCCCO)ncc1Cl. The molecule has 1 aromatic heterocycles. The number of anilines is 1. The molecule has 0 aliphatic carbocycles. The van der Waals surface area contributed by atoms with Gasteiger partial charge in [-0.15, -0.1) is 0 Å². The van der Waals surface area contributed by atoms with Crippen molar-refractivity contribution in [1.29, 1.82) is 0 Å². The fraction of sp³-hybridized carbons (Fsp3) is 0.333. The maximum absolute atomic E-state index is 10.7. The second-order valence-electron chi connectivity index (χ2n) is 2.86. The summed E-state index contributed by atoms with van der Waals surface area (Å²) in [5.41, 5.74) is 0.0122. The first-order valence-electron chi connectivity index (χ1n) is 4.38. The zero-order valence-corrected chi connectivity index (χ0v) is 8.66. The van der Waals surface area contributed by atoms with E-state index in [-0.39, 0.29) is 17.2 Å². The summed E-state index contributed by atoms with van der Waals surface area (Å²) >= 11 is 5.64. The Morgan fingerprint density at radius 1 is 1.60 bits per heavy atom. The number of halogens is 1. The van der Waals surface area contributed by atoms with Gasteiger partial charge in [-0.25, -0.2) is 9.78 Å². The molecule has 0 saturated carbocycles. The number of hydrogen-bond donors (Lipinski definition) is 3. The number of carbonyl (C=O) groups is 1. The lowest BCUT2D eigenvalue weighted by Crippen LogP contribution is -2.07. The van der Waals surface area contributed by atoms with Crippen LogP contribution in [0.1, 0.15) is 16.8 Å². The largest absolute Gasteiger partial charge is 0.478 e. The van der Waals surface area contributed by atoms with Gasteiger partial charge < -0.3 is 15.5 Å². The van der Waals surface area contributed by atoms with Crippen molar-refractivity contribution in [3.05, 3.63) is 22.8 Å². The zero-order chi connectivity index (χ0) is 11.3. The van der Waals surface area contributed by atoms with Crippen molar-refractivity contribution < 1.29 is 15.0 Å². The Morgan fingerprint density at radius 2 is 2.33 bits per heavy atom. The molecule has 0 saturated heterocycles. The first kappa shape index (κ1) is 11.7. The third-order valence-electron chi connectivity index (χ3n) is 1.73. The standard InChI is InChI=1S/C9H11ClN2O3/c10-7-5-12-8(11-2-1-3-13)4-6(7)9(14)15/h4-5,13H,1-3H2,(H,11,12)(H,14,15). The molecule has 3 N–H and O–H groups in total. The van der Waals surface area contributed by atoms with Gasteiger partial charge in [0.15, 0.2) is 0 Å². The van der Waals surface area contributed by atoms with Crippen LogP contribution >= 0.6 is 11.6 Å². The second-order valence-corrected chi connectivity index (χ2v) is 3.27. The van der Waals surface area contributed by atoms with Crippen LogP contribution in [0.4, 0.5) is 5.82 Å². The fourth-order valence-electron chi connectivity index (χ4n) is 0.995. The van der Waals surface area contributed by atoms with Crippen LogP contribution in [0, 0.1) is 0 Å². The van der Waals surface area contributed by atoms with Gasteiger partial charge in [0.1, 0.15) is 5.82 Å². The first-order chi connectivity index (χ1) is 7.15. The Balaban J connectivity index is 2.74. The molecule has 5 nitrogen and oxygen atoms in total. The molecule has 0 atom stereocenters. The van der Waals surface area contributed by atoms with Crippen LogP contribution in [-0.4, -0.2) is 34.3 Å². The zero-order valence-electron chi connectivity index (χ0n) is 7.90. The highest BCUT2D eigenvalue weighted by Gasteiger charge is 2.09. The fourth-order valence-corrected chi connectivity index (χ4v) is 1.18. The average Bonchev–Trinajstić information content (AvgIpc) is 2.20. The van der Waals surface area contributed by atoms with E-state index in [2.05, 4.69) is 10.3 Å². The number of aromatic nitrogens is 1. The van der Waals surface area contributed by atoms with Crippen molar-refractivity contribution in [1.82, 2.24) is 4.98 Å². The molecule has 0 spiro atoms. The van der Waals surface area contributed by atoms with Crippen LogP contribution in [0.5, 0.6) is 0 Å². The molecule has 1 aromatic rings. The second kappa shape index (κ2) is 5.53. The van der Waals surface area contributed by atoms with Crippen molar-refractivity contribution in [2.75, 3.05) is 18.5 Å². The summed E-state index contributed by atoms with van der Waals surface area (Å²) in [6.07, 6.45) is 1.86. The topological polar surface area (TPSA) is 82.5 Å². The molecular weight excluding hydrogens is 220 g/mol. The van der Waals surface area contributed by atoms with Crippen molar-refractivity contribution in [2.45, 2.75) is 6.42 Å². The number of nitrogens with zero attached hydrogens (tertiary/aromatic N) is 1. The van der Waals surface area contributed by atoms with Crippen molar-refractivity contribution >= 4 is 23.4 Å². The van der Waals surface area contributed by atoms with E-state index in [0.29, 0.717) is 18.8 Å². The van der Waals surface area contributed by atoms with Gasteiger partial charge in [0.2, 0.25) is 0 Å². The van der Waals surface area contributed by atoms with Crippen molar-refractivity contribution in [3.8, 4) is 0 Å². The Bertz CT molecular complexity index is 357. The van der Waals surface area contributed by atoms with Gasteiger partial charge in [0.05, 0.1) is 10.6 Å². The Labute approximate surface area is 91.7 Å². The molecule has 0 fully saturated rings. The van der Waals surface area contributed by atoms with Crippen molar-refractivity contribution in [3.63, 3.8) is 0 Å². The summed E-state index contributed by atoms with van der Waals surface area (Å²) in [5, 5.41) is 20.3. The maximum Gasteiger partial charge on any atom is 0.337 e. The number of carboxylic acid groups (broad SMARTS) is 1. The van der Waals surface area contributed by atoms with E-state index in [0.717, 1.165) is 0 Å². The molecule has 0 bridgehead atoms. The van der Waals surface area contributed by atoms with Gasteiger partial charge in [-0.1, -0.05) is 11.6 Å². The van der Waals surface area contributed by atoms with E-state index in [1.807, 2.05) is 0 Å². The van der Waals surface area contributed by atoms with Gasteiger partial charge >= 0.3 is 5.97 Å². The minimum atomic E-state index is -1.09. The summed E-state index contributed by atoms with van der Waals surface area (Å²) in [5.74, 6) is -0.655. The molecule has 6 heteroatoms. The summed E-state index contributed by atoms with van der Waals surface area (Å²) in [6, 6.07) is 1.36. The summed E-state index contributed by atoms with van der Waals surface area (Å²) in [7, 11) is 0. The molecule has 0 aliphatic rings. The minimum Gasteiger partial charge on any atom is -0.478 e. The molecule has 82 valence electrons. The molecule has 0 amide bonds. The number of hydrogen-bond acceptors (Lipinski definition) is 4. The predicted octanol–water partition coefficient (Wildman–Crippen LogP) is 1.23. The molecule has 0 radical (unpaired) electrons. The number of nitrogens with one attached hydrogen (secondary N) is 1. The first-order valence-corrected chi connectivity index (χ1v) is 4.76. The highest BCUT2D eigenvalue weighted by atomic mass is 35.5. The number of carboxylic acids is 1. The monoisotopic (exact) mass is 230 g/mol. The molecule has 0 unspecified atom stereocenters. The van der Waals surface area contributed by atoms with Gasteiger partial charge in [-0.3, -0.25) is 0 Å². The van der Waals surface area contributed by atoms with Gasteiger partial charge in [0.25, 0.3) is 0 Å². The smallest absolute Gasteiger partial charge is 0.337 e. The summed E-state index contributed by atoms with van der Waals surface area (Å²) in [4.78, 5) is 14.6. The molecule has 1 heterocycles. The van der Waals surface area contributed by atoms with Crippen LogP contribution in [0.2, 0.25) is 5.02 Å². The maximum atomic E-state index is 10.7. The van der Waals surface area contributed by atoms with E-state index in [9.17, 15) is 4.79 Å². The normalized spacial score (nSPS) is 10.0. The molecular formula is C9H11ClN2O3. The van der Waals surface area contributed by atoms with Crippen LogP contribution in [0.15, 0.2) is 12.3 Å². The number of rotatable bonds is 5. The van der Waals surface area contributed by atoms with E-state index < -0.39 is 5.97 Å². The lowest BCUT2D eigenvalue weighted by atomic mass is 10.2. The minimum absolute atomic E-state index is 0.0122. The summed E-state index contributed by atoms with van der Waals surface area (Å²) < 4.78 is 0. The number of pyridine rings is 1. The molecule has 0 aromatic carbocycles. The summed E-state index contributed by atoms with van der Waals surface area (Å²) in [6.45, 7) is 0.608. The predicted molar refractivity (Wildman–Crippen MR) is 56.4 cm³/mol. The van der Waals surface area contributed by atoms with Crippen LogP contribution in [0.25, 0.3) is 0 Å². The molecule has 15 heavy (non-hydrogen) atoms. The third kappa shape index (κ3) is 3.38. The molecule has 0 aliphatic heterocycles. The Kier molecular flexibility index (Phi) is 4.33. The quantitative estimate of drug-likeness (QED) is 0.663. The molecule has 1 rings (SSSR count). The number of aromatic carboxylic acids is 1. The van der Waals surface area contributed by atoms with E-state index in [1.165, 1.54) is 12.3 Å². The van der Waals surface area contributed by atoms with Crippen molar-refractivity contribution in [2.24, 2.45) is 0 Å². The van der Waals surface area contributed by atoms with Crippen LogP contribution < -0.4 is 5.32 Å². The van der Waals surface area contributed by atoms with Gasteiger partial charge in [-0.2, -0.15) is 0 Å². The lowest BCUT2D eigenvalue weighted by molar-refractivity contribution is 0.0697. The third-order valence-corrected chi connectivity index (χ3v) is 2.03. The number of aliphatic hydroxyl groups is 1. The average molecular weight is 231 g/mol. The highest BCUT2D eigenvalue weighted by molar-refractivity contribution is 6.33. The van der Waals surface area contributed by atoms with E-state index >= 15 is 0 Å². The van der Waals surface area contributed by atoms with Crippen LogP contribution in [-0.2, 0) is 0 Å². The lowest BCUT2D eigenvalue weighted by Gasteiger charge is -2.05. The van der Waals surface area contributed by atoms with E-state index in [1.54, 1.807) is 0 Å². The number of aliphatic hydroxyl groups excluding tert-OH is 1.